The molecule has 1 aromatic heterocycles. The largest absolute Gasteiger partial charge is 0.456 e. The summed E-state index contributed by atoms with van der Waals surface area (Å²) in [5.41, 5.74) is 18.8. The summed E-state index contributed by atoms with van der Waals surface area (Å²) in [6.45, 7) is 0. The van der Waals surface area contributed by atoms with Crippen molar-refractivity contribution in [2.24, 2.45) is 0 Å². The molecule has 62 heavy (non-hydrogen) atoms. The molecule has 0 unspecified atom stereocenters. The first-order chi connectivity index (χ1) is 30.7. The molecular weight excluding hydrogens is 751 g/mol. The van der Waals surface area contributed by atoms with E-state index < -0.39 is 0 Å². The highest BCUT2D eigenvalue weighted by atomic mass is 16.3. The van der Waals surface area contributed by atoms with E-state index >= 15 is 0 Å². The number of benzene rings is 10. The molecule has 1 heterocycles. The maximum absolute atomic E-state index is 6.48. The maximum Gasteiger partial charge on any atom is 0.136 e. The van der Waals surface area contributed by atoms with Gasteiger partial charge in [0.1, 0.15) is 11.2 Å². The smallest absolute Gasteiger partial charge is 0.136 e. The molecule has 2 heteroatoms. The SMILES string of the molecule is c1ccc(-c2ccc(N(c3ccc(-c4ccccc4)cc3)c3cc(-c4cc(-c5ccccc5)cc(-c5ccccc5)c4)ccc3-c3cccc4oc5ccccc5c34)cc2)cc1. The Kier molecular flexibility index (Phi) is 9.57. The third-order valence-electron chi connectivity index (χ3n) is 11.9. The van der Waals surface area contributed by atoms with E-state index in [0.29, 0.717) is 0 Å². The third-order valence-corrected chi connectivity index (χ3v) is 11.9. The van der Waals surface area contributed by atoms with Crippen molar-refractivity contribution in [2.75, 3.05) is 4.90 Å². The predicted molar refractivity (Wildman–Crippen MR) is 261 cm³/mol. The van der Waals surface area contributed by atoms with Gasteiger partial charge in [-0.05, 0) is 122 Å². The van der Waals surface area contributed by atoms with Crippen LogP contribution < -0.4 is 4.90 Å². The van der Waals surface area contributed by atoms with E-state index in [-0.39, 0.29) is 0 Å². The molecule has 0 spiro atoms. The van der Waals surface area contributed by atoms with Crippen LogP contribution in [-0.2, 0) is 0 Å². The molecule has 2 nitrogen and oxygen atoms in total. The molecular formula is C60H41NO. The minimum absolute atomic E-state index is 0.868. The zero-order valence-corrected chi connectivity index (χ0v) is 34.0. The van der Waals surface area contributed by atoms with E-state index in [0.717, 1.165) is 61.3 Å². The van der Waals surface area contributed by atoms with E-state index in [4.69, 9.17) is 4.42 Å². The van der Waals surface area contributed by atoms with Crippen molar-refractivity contribution < 1.29 is 4.42 Å². The topological polar surface area (TPSA) is 16.4 Å². The number of fused-ring (bicyclic) bond motifs is 3. The zero-order chi connectivity index (χ0) is 41.2. The van der Waals surface area contributed by atoms with Gasteiger partial charge in [0.15, 0.2) is 0 Å². The van der Waals surface area contributed by atoms with Crippen LogP contribution in [0.2, 0.25) is 0 Å². The van der Waals surface area contributed by atoms with Crippen LogP contribution in [0.3, 0.4) is 0 Å². The van der Waals surface area contributed by atoms with Crippen molar-refractivity contribution in [1.82, 2.24) is 0 Å². The van der Waals surface area contributed by atoms with Crippen LogP contribution >= 0.6 is 0 Å². The fourth-order valence-corrected chi connectivity index (χ4v) is 8.81. The Morgan fingerprint density at radius 2 is 0.661 bits per heavy atom. The summed E-state index contributed by atoms with van der Waals surface area (Å²) in [4.78, 5) is 2.42. The molecule has 0 aliphatic carbocycles. The van der Waals surface area contributed by atoms with Crippen LogP contribution in [0.1, 0.15) is 0 Å². The van der Waals surface area contributed by atoms with Gasteiger partial charge < -0.3 is 9.32 Å². The molecule has 0 fully saturated rings. The zero-order valence-electron chi connectivity index (χ0n) is 34.0. The van der Waals surface area contributed by atoms with Crippen LogP contribution in [0.4, 0.5) is 17.1 Å². The second-order valence-electron chi connectivity index (χ2n) is 15.7. The van der Waals surface area contributed by atoms with Crippen LogP contribution in [0.15, 0.2) is 253 Å². The van der Waals surface area contributed by atoms with E-state index in [1.54, 1.807) is 0 Å². The van der Waals surface area contributed by atoms with Gasteiger partial charge >= 0.3 is 0 Å². The summed E-state index contributed by atoms with van der Waals surface area (Å²) >= 11 is 0. The van der Waals surface area contributed by atoms with Crippen LogP contribution in [0, 0.1) is 0 Å². The van der Waals surface area contributed by atoms with Gasteiger partial charge in [-0.3, -0.25) is 0 Å². The average Bonchev–Trinajstić information content (AvgIpc) is 3.75. The van der Waals surface area contributed by atoms with Crippen molar-refractivity contribution in [3.8, 4) is 66.8 Å². The Labute approximate surface area is 362 Å². The number of furan rings is 1. The van der Waals surface area contributed by atoms with Crippen LogP contribution in [0.5, 0.6) is 0 Å². The van der Waals surface area contributed by atoms with Crippen LogP contribution in [-0.4, -0.2) is 0 Å². The molecule has 0 saturated carbocycles. The highest BCUT2D eigenvalue weighted by Gasteiger charge is 2.22. The molecule has 0 N–H and O–H groups in total. The Hall–Kier alpha value is -8.20. The Morgan fingerprint density at radius 3 is 1.18 bits per heavy atom. The van der Waals surface area contributed by atoms with E-state index in [9.17, 15) is 0 Å². The lowest BCUT2D eigenvalue weighted by Crippen LogP contribution is -2.11. The van der Waals surface area contributed by atoms with Crippen LogP contribution in [0.25, 0.3) is 88.7 Å². The van der Waals surface area contributed by atoms with Crippen molar-refractivity contribution in [3.05, 3.63) is 249 Å². The standard InChI is InChI=1S/C60H41NO/c1-5-16-42(17-6-1)46-28-33-52(34-29-46)61(53-35-30-47(31-36-53)43-18-7-2-8-19-43)57-41-48(32-37-54(57)55-25-15-27-59-60(55)56-24-13-14-26-58(56)62-59)51-39-49(44-20-9-3-10-21-44)38-50(40-51)45-22-11-4-12-23-45/h1-41H. The molecule has 11 rings (SSSR count). The molecule has 0 aliphatic rings. The second kappa shape index (κ2) is 16.1. The van der Waals surface area contributed by atoms with Crippen molar-refractivity contribution >= 4 is 39.0 Å². The van der Waals surface area contributed by atoms with Gasteiger partial charge in [0.25, 0.3) is 0 Å². The summed E-state index contributed by atoms with van der Waals surface area (Å²) in [7, 11) is 0. The lowest BCUT2D eigenvalue weighted by molar-refractivity contribution is 0.669. The Bertz CT molecular complexity index is 3160. The number of anilines is 3. The molecule has 292 valence electrons. The highest BCUT2D eigenvalue weighted by Crippen LogP contribution is 2.47. The van der Waals surface area contributed by atoms with E-state index in [1.165, 1.54) is 44.5 Å². The number of para-hydroxylation sites is 1. The lowest BCUT2D eigenvalue weighted by atomic mass is 9.91. The van der Waals surface area contributed by atoms with Gasteiger partial charge in [0, 0.05) is 27.7 Å². The van der Waals surface area contributed by atoms with E-state index in [1.807, 2.05) is 6.07 Å². The first kappa shape index (κ1) is 36.8. The highest BCUT2D eigenvalue weighted by molar-refractivity contribution is 6.14. The molecule has 0 amide bonds. The summed E-state index contributed by atoms with van der Waals surface area (Å²) in [5.74, 6) is 0. The van der Waals surface area contributed by atoms with Gasteiger partial charge in [0.2, 0.25) is 0 Å². The number of rotatable bonds is 9. The first-order valence-electron chi connectivity index (χ1n) is 21.2. The average molecular weight is 792 g/mol. The Balaban J connectivity index is 1.17. The summed E-state index contributed by atoms with van der Waals surface area (Å²) < 4.78 is 6.48. The Morgan fingerprint density at radius 1 is 0.258 bits per heavy atom. The van der Waals surface area contributed by atoms with Gasteiger partial charge in [-0.1, -0.05) is 188 Å². The van der Waals surface area contributed by atoms with Gasteiger partial charge in [0.05, 0.1) is 5.69 Å². The quantitative estimate of drug-likeness (QED) is 0.145. The minimum atomic E-state index is 0.868. The number of nitrogens with zero attached hydrogens (tertiary/aromatic N) is 1. The molecule has 11 aromatic rings. The summed E-state index contributed by atoms with van der Waals surface area (Å²) in [6, 6.07) is 89.2. The van der Waals surface area contributed by atoms with Crippen molar-refractivity contribution in [2.45, 2.75) is 0 Å². The molecule has 0 atom stereocenters. The molecule has 0 radical (unpaired) electrons. The summed E-state index contributed by atoms with van der Waals surface area (Å²) in [5, 5.41) is 2.20. The fourth-order valence-electron chi connectivity index (χ4n) is 8.81. The summed E-state index contributed by atoms with van der Waals surface area (Å²) in [6.07, 6.45) is 0. The minimum Gasteiger partial charge on any atom is -0.456 e. The second-order valence-corrected chi connectivity index (χ2v) is 15.7. The molecule has 10 aromatic carbocycles. The van der Waals surface area contributed by atoms with Gasteiger partial charge in [-0.15, -0.1) is 0 Å². The van der Waals surface area contributed by atoms with Crippen molar-refractivity contribution in [3.63, 3.8) is 0 Å². The van der Waals surface area contributed by atoms with Gasteiger partial charge in [-0.2, -0.15) is 0 Å². The molecule has 0 bridgehead atoms. The lowest BCUT2D eigenvalue weighted by Gasteiger charge is -2.29. The van der Waals surface area contributed by atoms with E-state index in [2.05, 4.69) is 248 Å². The van der Waals surface area contributed by atoms with Gasteiger partial charge in [-0.25, -0.2) is 0 Å². The number of hydrogen-bond acceptors (Lipinski definition) is 2. The predicted octanol–water partition coefficient (Wildman–Crippen LogP) is 17.1. The normalized spacial score (nSPS) is 11.2. The van der Waals surface area contributed by atoms with Crippen molar-refractivity contribution in [1.29, 1.82) is 0 Å². The monoisotopic (exact) mass is 791 g/mol. The molecule has 0 saturated heterocycles. The maximum atomic E-state index is 6.48. The fraction of sp³-hybridized carbons (Fsp3) is 0. The third kappa shape index (κ3) is 7.04. The molecule has 0 aliphatic heterocycles. The number of hydrogen-bond donors (Lipinski definition) is 0. The first-order valence-corrected chi connectivity index (χ1v) is 21.2.